The number of amides is 1. The molecule has 6 nitrogen and oxygen atoms in total. The van der Waals surface area contributed by atoms with Crippen molar-refractivity contribution in [2.45, 2.75) is 58.7 Å². The van der Waals surface area contributed by atoms with E-state index >= 15 is 0 Å². The topological polar surface area (TPSA) is 63.6 Å². The molecule has 2 rings (SSSR count). The number of aromatic nitrogens is 1. The number of hydrogen-bond acceptors (Lipinski definition) is 4. The second-order valence-electron chi connectivity index (χ2n) is 7.46. The molecule has 134 valence electrons. The van der Waals surface area contributed by atoms with Crippen LogP contribution in [0.5, 0.6) is 5.75 Å². The van der Waals surface area contributed by atoms with Gasteiger partial charge < -0.3 is 14.6 Å². The summed E-state index contributed by atoms with van der Waals surface area (Å²) in [7, 11) is 1.47. The first kappa shape index (κ1) is 18.5. The van der Waals surface area contributed by atoms with Gasteiger partial charge in [0, 0.05) is 23.8 Å². The highest BCUT2D eigenvalue weighted by atomic mass is 16.5. The lowest BCUT2D eigenvalue weighted by Crippen LogP contribution is -2.42. The fourth-order valence-corrected chi connectivity index (χ4v) is 2.99. The molecular weight excluding hydrogens is 306 g/mol. The minimum atomic E-state index is -0.284. The van der Waals surface area contributed by atoms with Crippen LogP contribution in [0.15, 0.2) is 17.1 Å². The lowest BCUT2D eigenvalue weighted by molar-refractivity contribution is -0.123. The maximum atomic E-state index is 12.3. The van der Waals surface area contributed by atoms with E-state index in [1.54, 1.807) is 12.3 Å². The van der Waals surface area contributed by atoms with E-state index in [4.69, 9.17) is 4.74 Å². The minimum Gasteiger partial charge on any atom is -0.491 e. The number of piperidine rings is 1. The van der Waals surface area contributed by atoms with Gasteiger partial charge in [-0.1, -0.05) is 6.42 Å². The third-order valence-corrected chi connectivity index (χ3v) is 4.07. The highest BCUT2D eigenvalue weighted by Gasteiger charge is 2.18. The van der Waals surface area contributed by atoms with Gasteiger partial charge in [0.05, 0.1) is 13.3 Å². The summed E-state index contributed by atoms with van der Waals surface area (Å²) in [4.78, 5) is 26.8. The number of pyridine rings is 1. The molecule has 1 aromatic heterocycles. The van der Waals surface area contributed by atoms with Crippen molar-refractivity contribution in [2.75, 3.05) is 20.2 Å². The summed E-state index contributed by atoms with van der Waals surface area (Å²) in [5.74, 6) is 0.189. The third-order valence-electron chi connectivity index (χ3n) is 4.07. The first-order chi connectivity index (χ1) is 11.3. The Kier molecular flexibility index (Phi) is 6.04. The van der Waals surface area contributed by atoms with Crippen molar-refractivity contribution in [2.24, 2.45) is 0 Å². The van der Waals surface area contributed by atoms with E-state index < -0.39 is 0 Å². The molecule has 0 unspecified atom stereocenters. The van der Waals surface area contributed by atoms with Gasteiger partial charge in [-0.25, -0.2) is 0 Å². The molecule has 1 saturated heterocycles. The van der Waals surface area contributed by atoms with Gasteiger partial charge in [-0.05, 0) is 46.7 Å². The molecule has 1 N–H and O–H groups in total. The number of hydrogen-bond donors (Lipinski definition) is 1. The van der Waals surface area contributed by atoms with E-state index in [9.17, 15) is 9.59 Å². The number of rotatable bonds is 5. The van der Waals surface area contributed by atoms with Crippen LogP contribution in [-0.2, 0) is 17.9 Å². The van der Waals surface area contributed by atoms with Crippen LogP contribution in [0.25, 0.3) is 0 Å². The number of methoxy groups -OCH3 is 1. The average Bonchev–Trinajstić information content (AvgIpc) is 2.49. The monoisotopic (exact) mass is 335 g/mol. The lowest BCUT2D eigenvalue weighted by Gasteiger charge is -2.28. The quantitative estimate of drug-likeness (QED) is 0.890. The predicted molar refractivity (Wildman–Crippen MR) is 94.3 cm³/mol. The zero-order chi connectivity index (χ0) is 17.7. The Labute approximate surface area is 143 Å². The van der Waals surface area contributed by atoms with Gasteiger partial charge in [0.2, 0.25) is 11.3 Å². The Morgan fingerprint density at radius 1 is 1.25 bits per heavy atom. The van der Waals surface area contributed by atoms with Crippen LogP contribution in [0.1, 0.15) is 45.7 Å². The Balaban J connectivity index is 2.22. The minimum absolute atomic E-state index is 0.0758. The van der Waals surface area contributed by atoms with Gasteiger partial charge in [0.1, 0.15) is 6.54 Å². The van der Waals surface area contributed by atoms with E-state index in [2.05, 4.69) is 10.2 Å². The van der Waals surface area contributed by atoms with Gasteiger partial charge in [0.25, 0.3) is 0 Å². The Bertz CT molecular complexity index is 625. The summed E-state index contributed by atoms with van der Waals surface area (Å²) in [6.07, 6.45) is 5.28. The maximum absolute atomic E-state index is 12.3. The molecule has 1 aliphatic heterocycles. The van der Waals surface area contributed by atoms with Crippen molar-refractivity contribution < 1.29 is 9.53 Å². The predicted octanol–water partition coefficient (Wildman–Crippen LogP) is 1.76. The van der Waals surface area contributed by atoms with Crippen molar-refractivity contribution in [1.29, 1.82) is 0 Å². The van der Waals surface area contributed by atoms with E-state index in [1.807, 2.05) is 25.3 Å². The molecule has 0 spiro atoms. The Hall–Kier alpha value is -1.82. The molecular formula is C18H29N3O3. The molecule has 6 heteroatoms. The fourth-order valence-electron chi connectivity index (χ4n) is 2.99. The number of likely N-dealkylation sites (tertiary alicyclic amines) is 1. The summed E-state index contributed by atoms with van der Waals surface area (Å²) in [5, 5.41) is 2.96. The van der Waals surface area contributed by atoms with E-state index in [0.717, 1.165) is 18.8 Å². The molecule has 0 radical (unpaired) electrons. The molecule has 24 heavy (non-hydrogen) atoms. The lowest BCUT2D eigenvalue weighted by atomic mass is 10.1. The molecule has 0 saturated carbocycles. The average molecular weight is 335 g/mol. The standard InChI is InChI=1S/C18H29N3O3/c1-18(2,3)19-17(23)13-21-12-16(24-4)15(22)10-14(21)11-20-8-6-5-7-9-20/h10,12H,5-9,11,13H2,1-4H3,(H,19,23). The number of carbonyl (C=O) groups is 1. The van der Waals surface area contributed by atoms with Crippen molar-refractivity contribution in [3.8, 4) is 5.75 Å². The molecule has 1 fully saturated rings. The first-order valence-corrected chi connectivity index (χ1v) is 8.59. The largest absolute Gasteiger partial charge is 0.491 e. The molecule has 0 atom stereocenters. The van der Waals surface area contributed by atoms with E-state index in [0.29, 0.717) is 6.54 Å². The number of nitrogens with zero attached hydrogens (tertiary/aromatic N) is 2. The number of nitrogens with one attached hydrogen (secondary N) is 1. The highest BCUT2D eigenvalue weighted by molar-refractivity contribution is 5.76. The fraction of sp³-hybridized carbons (Fsp3) is 0.667. The molecule has 1 aromatic rings. The summed E-state index contributed by atoms with van der Waals surface area (Å²) < 4.78 is 6.96. The van der Waals surface area contributed by atoms with Crippen LogP contribution in [0, 0.1) is 0 Å². The molecule has 0 aromatic carbocycles. The Morgan fingerprint density at radius 2 is 1.92 bits per heavy atom. The van der Waals surface area contributed by atoms with Crippen molar-refractivity contribution in [3.63, 3.8) is 0 Å². The van der Waals surface area contributed by atoms with Crippen LogP contribution < -0.4 is 15.5 Å². The molecule has 2 heterocycles. The van der Waals surface area contributed by atoms with Crippen molar-refractivity contribution >= 4 is 5.91 Å². The van der Waals surface area contributed by atoms with Crippen LogP contribution in [-0.4, -0.2) is 41.1 Å². The number of ether oxygens (including phenoxy) is 1. The SMILES string of the molecule is COc1cn(CC(=O)NC(C)(C)C)c(CN2CCCCC2)cc1=O. The summed E-state index contributed by atoms with van der Waals surface area (Å²) in [6.45, 7) is 8.78. The Morgan fingerprint density at radius 3 is 2.50 bits per heavy atom. The molecule has 1 aliphatic rings. The van der Waals surface area contributed by atoms with Crippen LogP contribution in [0.3, 0.4) is 0 Å². The zero-order valence-electron chi connectivity index (χ0n) is 15.2. The molecule has 0 bridgehead atoms. The van der Waals surface area contributed by atoms with Gasteiger partial charge >= 0.3 is 0 Å². The van der Waals surface area contributed by atoms with Gasteiger partial charge in [0.15, 0.2) is 5.75 Å². The highest BCUT2D eigenvalue weighted by Crippen LogP contribution is 2.14. The van der Waals surface area contributed by atoms with Gasteiger partial charge in [-0.2, -0.15) is 0 Å². The van der Waals surface area contributed by atoms with Crippen LogP contribution in [0.2, 0.25) is 0 Å². The normalized spacial score (nSPS) is 16.0. The second kappa shape index (κ2) is 7.83. The van der Waals surface area contributed by atoms with Gasteiger partial charge in [-0.15, -0.1) is 0 Å². The summed E-state index contributed by atoms with van der Waals surface area (Å²) in [5.41, 5.74) is 0.427. The first-order valence-electron chi connectivity index (χ1n) is 8.59. The maximum Gasteiger partial charge on any atom is 0.240 e. The zero-order valence-corrected chi connectivity index (χ0v) is 15.2. The van der Waals surface area contributed by atoms with Crippen LogP contribution >= 0.6 is 0 Å². The van der Waals surface area contributed by atoms with Crippen molar-refractivity contribution in [1.82, 2.24) is 14.8 Å². The van der Waals surface area contributed by atoms with Crippen molar-refractivity contribution in [3.05, 3.63) is 28.2 Å². The summed E-state index contributed by atoms with van der Waals surface area (Å²) in [6, 6.07) is 1.60. The van der Waals surface area contributed by atoms with Crippen LogP contribution in [0.4, 0.5) is 0 Å². The molecule has 0 aliphatic carbocycles. The number of carbonyl (C=O) groups excluding carboxylic acids is 1. The smallest absolute Gasteiger partial charge is 0.240 e. The van der Waals surface area contributed by atoms with E-state index in [-0.39, 0.29) is 29.2 Å². The molecule has 1 amide bonds. The van der Waals surface area contributed by atoms with Gasteiger partial charge in [-0.3, -0.25) is 14.5 Å². The third kappa shape index (κ3) is 5.37. The second-order valence-corrected chi connectivity index (χ2v) is 7.46. The van der Waals surface area contributed by atoms with E-state index in [1.165, 1.54) is 26.4 Å². The summed E-state index contributed by atoms with van der Waals surface area (Å²) >= 11 is 0.